The Morgan fingerprint density at radius 1 is 1.03 bits per heavy atom. The Morgan fingerprint density at radius 2 is 1.72 bits per heavy atom. The number of carbonyl (C=O) groups is 1. The monoisotopic (exact) mass is 481 g/mol. The number of benzene rings is 2. The molecule has 0 N–H and O–H groups in total. The summed E-state index contributed by atoms with van der Waals surface area (Å²) in [5.41, 5.74) is 0.924. The topological polar surface area (TPSA) is 72.9 Å². The molecular weight excluding hydrogens is 458 g/mol. The highest BCUT2D eigenvalue weighted by Crippen LogP contribution is 2.23. The van der Waals surface area contributed by atoms with Crippen molar-refractivity contribution in [1.29, 1.82) is 0 Å². The summed E-state index contributed by atoms with van der Waals surface area (Å²) in [7, 11) is -3.60. The Balaban J connectivity index is 1.62. The van der Waals surface area contributed by atoms with E-state index in [1.807, 2.05) is 24.3 Å². The standard InChI is InChI=1S/C21H24BrNO5S/c1-16-5-10-19(29(25,26)23-11-3-2-4-12-23)15-20(16)21(24)28-14-13-27-18-8-6-17(22)7-9-18/h5-10,15H,2-4,11-14H2,1H3. The molecule has 1 aliphatic rings. The zero-order chi connectivity index (χ0) is 20.9. The van der Waals surface area contributed by atoms with Crippen molar-refractivity contribution in [2.45, 2.75) is 31.1 Å². The molecule has 0 bridgehead atoms. The number of esters is 1. The summed E-state index contributed by atoms with van der Waals surface area (Å²) >= 11 is 3.35. The van der Waals surface area contributed by atoms with Crippen LogP contribution in [-0.4, -0.2) is 45.0 Å². The van der Waals surface area contributed by atoms with E-state index in [1.54, 1.807) is 19.1 Å². The summed E-state index contributed by atoms with van der Waals surface area (Å²) in [6, 6.07) is 11.9. The first-order chi connectivity index (χ1) is 13.9. The van der Waals surface area contributed by atoms with Crippen LogP contribution in [0.1, 0.15) is 35.2 Å². The molecule has 1 fully saturated rings. The lowest BCUT2D eigenvalue weighted by molar-refractivity contribution is 0.0449. The number of carbonyl (C=O) groups excluding carboxylic acids is 1. The van der Waals surface area contributed by atoms with Gasteiger partial charge in [0.05, 0.1) is 10.5 Å². The van der Waals surface area contributed by atoms with E-state index in [-0.39, 0.29) is 23.7 Å². The second kappa shape index (κ2) is 9.73. The maximum Gasteiger partial charge on any atom is 0.338 e. The molecular formula is C21H24BrNO5S. The number of hydrogen-bond acceptors (Lipinski definition) is 5. The summed E-state index contributed by atoms with van der Waals surface area (Å²) in [6.45, 7) is 3.06. The van der Waals surface area contributed by atoms with Crippen LogP contribution < -0.4 is 4.74 Å². The average molecular weight is 482 g/mol. The van der Waals surface area contributed by atoms with Gasteiger partial charge in [-0.1, -0.05) is 28.4 Å². The van der Waals surface area contributed by atoms with Crippen LogP contribution in [0.15, 0.2) is 51.8 Å². The first-order valence-electron chi connectivity index (χ1n) is 9.54. The maximum atomic E-state index is 12.9. The van der Waals surface area contributed by atoms with Gasteiger partial charge in [-0.3, -0.25) is 0 Å². The van der Waals surface area contributed by atoms with E-state index in [0.29, 0.717) is 24.4 Å². The van der Waals surface area contributed by atoms with E-state index in [0.717, 1.165) is 23.7 Å². The molecule has 2 aromatic rings. The first-order valence-corrected chi connectivity index (χ1v) is 11.8. The number of sulfonamides is 1. The Morgan fingerprint density at radius 3 is 2.41 bits per heavy atom. The van der Waals surface area contributed by atoms with Gasteiger partial charge in [0.1, 0.15) is 19.0 Å². The molecule has 29 heavy (non-hydrogen) atoms. The van der Waals surface area contributed by atoms with E-state index in [1.165, 1.54) is 10.4 Å². The molecule has 0 aromatic heterocycles. The van der Waals surface area contributed by atoms with Gasteiger partial charge in [0, 0.05) is 17.6 Å². The molecule has 6 nitrogen and oxygen atoms in total. The van der Waals surface area contributed by atoms with Crippen LogP contribution in [0, 0.1) is 6.92 Å². The third-order valence-electron chi connectivity index (χ3n) is 4.78. The SMILES string of the molecule is Cc1ccc(S(=O)(=O)N2CCCCC2)cc1C(=O)OCCOc1ccc(Br)cc1. The van der Waals surface area contributed by atoms with Crippen LogP contribution in [0.2, 0.25) is 0 Å². The van der Waals surface area contributed by atoms with Gasteiger partial charge in [-0.2, -0.15) is 4.31 Å². The van der Waals surface area contributed by atoms with Crippen molar-refractivity contribution >= 4 is 31.9 Å². The fourth-order valence-electron chi connectivity index (χ4n) is 3.14. The molecule has 0 radical (unpaired) electrons. The van der Waals surface area contributed by atoms with Gasteiger partial charge >= 0.3 is 5.97 Å². The van der Waals surface area contributed by atoms with Crippen molar-refractivity contribution in [3.63, 3.8) is 0 Å². The summed E-state index contributed by atoms with van der Waals surface area (Å²) in [4.78, 5) is 12.6. The van der Waals surface area contributed by atoms with Gasteiger partial charge in [-0.25, -0.2) is 13.2 Å². The summed E-state index contributed by atoms with van der Waals surface area (Å²) in [6.07, 6.45) is 2.76. The second-order valence-electron chi connectivity index (χ2n) is 6.88. The highest BCUT2D eigenvalue weighted by Gasteiger charge is 2.27. The van der Waals surface area contributed by atoms with Crippen molar-refractivity contribution in [3.8, 4) is 5.75 Å². The molecule has 0 amide bonds. The highest BCUT2D eigenvalue weighted by atomic mass is 79.9. The molecule has 2 aromatic carbocycles. The molecule has 0 saturated carbocycles. The Hall–Kier alpha value is -1.90. The van der Waals surface area contributed by atoms with Crippen molar-refractivity contribution in [2.75, 3.05) is 26.3 Å². The first kappa shape index (κ1) is 21.8. The molecule has 8 heteroatoms. The van der Waals surface area contributed by atoms with Crippen LogP contribution in [0.4, 0.5) is 0 Å². The maximum absolute atomic E-state index is 12.9. The van der Waals surface area contributed by atoms with Gasteiger partial charge in [0.15, 0.2) is 0 Å². The quantitative estimate of drug-likeness (QED) is 0.438. The van der Waals surface area contributed by atoms with Gasteiger partial charge in [-0.05, 0) is 61.7 Å². The third kappa shape index (κ3) is 5.58. The van der Waals surface area contributed by atoms with Crippen molar-refractivity contribution in [2.24, 2.45) is 0 Å². The van der Waals surface area contributed by atoms with Gasteiger partial charge in [-0.15, -0.1) is 0 Å². The molecule has 1 saturated heterocycles. The fraction of sp³-hybridized carbons (Fsp3) is 0.381. The minimum atomic E-state index is -3.60. The predicted octanol–water partition coefficient (Wildman–Crippen LogP) is 4.17. The number of halogens is 1. The molecule has 0 spiro atoms. The number of nitrogens with zero attached hydrogens (tertiary/aromatic N) is 1. The predicted molar refractivity (Wildman–Crippen MR) is 114 cm³/mol. The minimum absolute atomic E-state index is 0.0669. The van der Waals surface area contributed by atoms with Gasteiger partial charge in [0.2, 0.25) is 10.0 Å². The number of aryl methyl sites for hydroxylation is 1. The fourth-order valence-corrected chi connectivity index (χ4v) is 4.95. The second-order valence-corrected chi connectivity index (χ2v) is 9.73. The van der Waals surface area contributed by atoms with Crippen LogP contribution in [0.3, 0.4) is 0 Å². The molecule has 0 aliphatic carbocycles. The smallest absolute Gasteiger partial charge is 0.338 e. The average Bonchev–Trinajstić information content (AvgIpc) is 2.73. The zero-order valence-corrected chi connectivity index (χ0v) is 18.7. The number of ether oxygens (including phenoxy) is 2. The zero-order valence-electron chi connectivity index (χ0n) is 16.3. The van der Waals surface area contributed by atoms with Crippen molar-refractivity contribution in [3.05, 3.63) is 58.1 Å². The van der Waals surface area contributed by atoms with E-state index in [2.05, 4.69) is 15.9 Å². The van der Waals surface area contributed by atoms with Crippen LogP contribution in [0.25, 0.3) is 0 Å². The van der Waals surface area contributed by atoms with E-state index in [9.17, 15) is 13.2 Å². The summed E-state index contributed by atoms with van der Waals surface area (Å²) in [5.74, 6) is 0.118. The lowest BCUT2D eigenvalue weighted by Crippen LogP contribution is -2.35. The lowest BCUT2D eigenvalue weighted by Gasteiger charge is -2.26. The molecule has 3 rings (SSSR count). The lowest BCUT2D eigenvalue weighted by atomic mass is 10.1. The molecule has 156 valence electrons. The summed E-state index contributed by atoms with van der Waals surface area (Å²) in [5, 5.41) is 0. The highest BCUT2D eigenvalue weighted by molar-refractivity contribution is 9.10. The molecule has 1 heterocycles. The Bertz CT molecular complexity index is 954. The normalized spacial score (nSPS) is 15.1. The third-order valence-corrected chi connectivity index (χ3v) is 7.20. The van der Waals surface area contributed by atoms with E-state index >= 15 is 0 Å². The Kier molecular flexibility index (Phi) is 7.32. The minimum Gasteiger partial charge on any atom is -0.490 e. The number of rotatable bonds is 7. The van der Waals surface area contributed by atoms with Crippen molar-refractivity contribution < 1.29 is 22.7 Å². The number of piperidine rings is 1. The number of hydrogen-bond donors (Lipinski definition) is 0. The van der Waals surface area contributed by atoms with Crippen molar-refractivity contribution in [1.82, 2.24) is 4.31 Å². The molecule has 0 unspecified atom stereocenters. The van der Waals surface area contributed by atoms with Gasteiger partial charge < -0.3 is 9.47 Å². The van der Waals surface area contributed by atoms with Crippen LogP contribution in [0.5, 0.6) is 5.75 Å². The largest absolute Gasteiger partial charge is 0.490 e. The molecule has 0 atom stereocenters. The van der Waals surface area contributed by atoms with E-state index < -0.39 is 16.0 Å². The molecule has 1 aliphatic heterocycles. The Labute approximate surface area is 180 Å². The van der Waals surface area contributed by atoms with E-state index in [4.69, 9.17) is 9.47 Å². The van der Waals surface area contributed by atoms with Crippen LogP contribution in [-0.2, 0) is 14.8 Å². The summed E-state index contributed by atoms with van der Waals surface area (Å²) < 4.78 is 39.0. The van der Waals surface area contributed by atoms with Gasteiger partial charge in [0.25, 0.3) is 0 Å². The van der Waals surface area contributed by atoms with Crippen LogP contribution >= 0.6 is 15.9 Å².